The smallest absolute Gasteiger partial charge is 0.320 e. The molecule has 1 aliphatic rings. The van der Waals surface area contributed by atoms with Crippen LogP contribution in [0, 0.1) is 17.2 Å². The lowest BCUT2D eigenvalue weighted by Gasteiger charge is -2.28. The van der Waals surface area contributed by atoms with Gasteiger partial charge < -0.3 is 14.9 Å². The summed E-state index contributed by atoms with van der Waals surface area (Å²) in [5.74, 6) is -0.510. The van der Waals surface area contributed by atoms with Gasteiger partial charge in [0, 0.05) is 32.6 Å². The summed E-state index contributed by atoms with van der Waals surface area (Å²) in [7, 11) is 1.70. The van der Waals surface area contributed by atoms with Crippen molar-refractivity contribution < 1.29 is 14.7 Å². The molecule has 2 unspecified atom stereocenters. The SMILES string of the molecule is CC(CC#N)N(C)C(=O)N1CCC(CCC(=O)O)C1. The first kappa shape index (κ1) is 15.3. The normalized spacial score (nSPS) is 19.8. The van der Waals surface area contributed by atoms with Gasteiger partial charge in [0.25, 0.3) is 0 Å². The number of likely N-dealkylation sites (tertiary alicyclic amines) is 1. The van der Waals surface area contributed by atoms with Gasteiger partial charge in [0.2, 0.25) is 0 Å². The minimum absolute atomic E-state index is 0.0689. The predicted octanol–water partition coefficient (Wildman–Crippen LogP) is 1.53. The molecule has 1 aliphatic heterocycles. The van der Waals surface area contributed by atoms with Crippen molar-refractivity contribution in [2.75, 3.05) is 20.1 Å². The van der Waals surface area contributed by atoms with Gasteiger partial charge in [-0.2, -0.15) is 5.26 Å². The summed E-state index contributed by atoms with van der Waals surface area (Å²) in [6.07, 6.45) is 1.96. The molecule has 0 radical (unpaired) electrons. The van der Waals surface area contributed by atoms with Crippen LogP contribution in [0.3, 0.4) is 0 Å². The van der Waals surface area contributed by atoms with Crippen LogP contribution in [-0.4, -0.2) is 53.1 Å². The number of rotatable bonds is 5. The number of nitriles is 1. The molecule has 1 fully saturated rings. The van der Waals surface area contributed by atoms with E-state index in [4.69, 9.17) is 10.4 Å². The first-order chi connectivity index (χ1) is 8.95. The molecule has 0 aromatic heterocycles. The second-order valence-corrected chi connectivity index (χ2v) is 5.14. The number of hydrogen-bond acceptors (Lipinski definition) is 3. The first-order valence-corrected chi connectivity index (χ1v) is 6.56. The zero-order valence-electron chi connectivity index (χ0n) is 11.5. The lowest BCUT2D eigenvalue weighted by molar-refractivity contribution is -0.137. The number of aliphatic carboxylic acids is 1. The van der Waals surface area contributed by atoms with Crippen molar-refractivity contribution >= 4 is 12.0 Å². The number of carbonyl (C=O) groups is 2. The summed E-state index contributed by atoms with van der Waals surface area (Å²) in [5, 5.41) is 17.3. The standard InChI is InChI=1S/C13H21N3O3/c1-10(5-7-14)15(2)13(19)16-8-6-11(9-16)3-4-12(17)18/h10-11H,3-6,8-9H2,1-2H3,(H,17,18). The van der Waals surface area contributed by atoms with Gasteiger partial charge in [-0.05, 0) is 25.7 Å². The topological polar surface area (TPSA) is 84.6 Å². The third-order valence-electron chi connectivity index (χ3n) is 3.67. The highest BCUT2D eigenvalue weighted by Gasteiger charge is 2.29. The van der Waals surface area contributed by atoms with Crippen LogP contribution in [0.1, 0.15) is 32.6 Å². The van der Waals surface area contributed by atoms with Gasteiger partial charge in [0.15, 0.2) is 0 Å². The molecule has 0 aromatic carbocycles. The number of nitrogens with zero attached hydrogens (tertiary/aromatic N) is 3. The average Bonchev–Trinajstić information content (AvgIpc) is 2.83. The molecule has 0 bridgehead atoms. The maximum Gasteiger partial charge on any atom is 0.320 e. The summed E-state index contributed by atoms with van der Waals surface area (Å²) in [6.45, 7) is 3.14. The van der Waals surface area contributed by atoms with E-state index >= 15 is 0 Å². The molecule has 1 saturated heterocycles. The predicted molar refractivity (Wildman–Crippen MR) is 69.4 cm³/mol. The van der Waals surface area contributed by atoms with Crippen molar-refractivity contribution in [2.45, 2.75) is 38.6 Å². The number of hydrogen-bond donors (Lipinski definition) is 1. The molecule has 2 atom stereocenters. The molecule has 2 amide bonds. The van der Waals surface area contributed by atoms with Crippen LogP contribution in [0.25, 0.3) is 0 Å². The Morgan fingerprint density at radius 3 is 2.84 bits per heavy atom. The van der Waals surface area contributed by atoms with Crippen molar-refractivity contribution in [3.8, 4) is 6.07 Å². The largest absolute Gasteiger partial charge is 0.481 e. The molecule has 1 rings (SSSR count). The van der Waals surface area contributed by atoms with Gasteiger partial charge in [-0.3, -0.25) is 4.79 Å². The number of amides is 2. The quantitative estimate of drug-likeness (QED) is 0.818. The third-order valence-corrected chi connectivity index (χ3v) is 3.67. The number of urea groups is 1. The molecular formula is C13H21N3O3. The van der Waals surface area contributed by atoms with E-state index in [2.05, 4.69) is 6.07 Å². The molecule has 0 spiro atoms. The highest BCUT2D eigenvalue weighted by atomic mass is 16.4. The van der Waals surface area contributed by atoms with Crippen LogP contribution >= 0.6 is 0 Å². The maximum absolute atomic E-state index is 12.2. The van der Waals surface area contributed by atoms with Crippen LogP contribution in [0.5, 0.6) is 0 Å². The van der Waals surface area contributed by atoms with Gasteiger partial charge in [-0.15, -0.1) is 0 Å². The highest BCUT2D eigenvalue weighted by Crippen LogP contribution is 2.22. The van der Waals surface area contributed by atoms with Gasteiger partial charge in [-0.1, -0.05) is 0 Å². The summed E-state index contributed by atoms with van der Waals surface area (Å²) < 4.78 is 0. The van der Waals surface area contributed by atoms with Gasteiger partial charge in [0.1, 0.15) is 0 Å². The Morgan fingerprint density at radius 2 is 2.26 bits per heavy atom. The molecule has 6 nitrogen and oxygen atoms in total. The minimum atomic E-state index is -0.787. The number of carbonyl (C=O) groups excluding carboxylic acids is 1. The van der Waals surface area contributed by atoms with E-state index in [1.54, 1.807) is 16.8 Å². The molecule has 106 valence electrons. The molecule has 1 N–H and O–H groups in total. The van der Waals surface area contributed by atoms with Gasteiger partial charge >= 0.3 is 12.0 Å². The van der Waals surface area contributed by atoms with Crippen LogP contribution < -0.4 is 0 Å². The fraction of sp³-hybridized carbons (Fsp3) is 0.769. The van der Waals surface area contributed by atoms with Crippen molar-refractivity contribution in [1.29, 1.82) is 5.26 Å². The van der Waals surface area contributed by atoms with E-state index in [-0.39, 0.29) is 24.4 Å². The fourth-order valence-corrected chi connectivity index (χ4v) is 2.25. The molecule has 6 heteroatoms. The van der Waals surface area contributed by atoms with E-state index < -0.39 is 5.97 Å². The van der Waals surface area contributed by atoms with E-state index in [1.807, 2.05) is 6.92 Å². The number of carboxylic acids is 1. The van der Waals surface area contributed by atoms with Crippen molar-refractivity contribution in [3.63, 3.8) is 0 Å². The Morgan fingerprint density at radius 1 is 1.58 bits per heavy atom. The average molecular weight is 267 g/mol. The highest BCUT2D eigenvalue weighted by molar-refractivity contribution is 5.74. The van der Waals surface area contributed by atoms with E-state index in [1.165, 1.54) is 0 Å². The Balaban J connectivity index is 2.43. The molecule has 19 heavy (non-hydrogen) atoms. The molecule has 1 heterocycles. The Kier molecular flexibility index (Phi) is 5.61. The van der Waals surface area contributed by atoms with Crippen LogP contribution in [0.4, 0.5) is 4.79 Å². The summed E-state index contributed by atoms with van der Waals surface area (Å²) in [5.41, 5.74) is 0. The minimum Gasteiger partial charge on any atom is -0.481 e. The van der Waals surface area contributed by atoms with E-state index in [9.17, 15) is 9.59 Å². The van der Waals surface area contributed by atoms with Gasteiger partial charge in [0.05, 0.1) is 12.5 Å². The first-order valence-electron chi connectivity index (χ1n) is 6.56. The monoisotopic (exact) mass is 267 g/mol. The summed E-state index contributed by atoms with van der Waals surface area (Å²) >= 11 is 0. The summed E-state index contributed by atoms with van der Waals surface area (Å²) in [4.78, 5) is 26.0. The van der Waals surface area contributed by atoms with E-state index in [0.717, 1.165) is 6.42 Å². The molecule has 0 saturated carbocycles. The zero-order chi connectivity index (χ0) is 14.4. The maximum atomic E-state index is 12.2. The van der Waals surface area contributed by atoms with Crippen LogP contribution in [-0.2, 0) is 4.79 Å². The van der Waals surface area contributed by atoms with Crippen LogP contribution in [0.15, 0.2) is 0 Å². The second-order valence-electron chi connectivity index (χ2n) is 5.14. The Bertz CT molecular complexity index is 378. The van der Waals surface area contributed by atoms with Crippen LogP contribution in [0.2, 0.25) is 0 Å². The zero-order valence-corrected chi connectivity index (χ0v) is 11.5. The van der Waals surface area contributed by atoms with Crippen molar-refractivity contribution in [1.82, 2.24) is 9.80 Å². The fourth-order valence-electron chi connectivity index (χ4n) is 2.25. The third kappa shape index (κ3) is 4.43. The molecular weight excluding hydrogens is 246 g/mol. The lowest BCUT2D eigenvalue weighted by Crippen LogP contribution is -2.44. The Hall–Kier alpha value is -1.77. The molecule has 0 aromatic rings. The van der Waals surface area contributed by atoms with Crippen molar-refractivity contribution in [3.05, 3.63) is 0 Å². The van der Waals surface area contributed by atoms with Crippen molar-refractivity contribution in [2.24, 2.45) is 5.92 Å². The van der Waals surface area contributed by atoms with E-state index in [0.29, 0.717) is 25.9 Å². The lowest BCUT2D eigenvalue weighted by atomic mass is 10.0. The second kappa shape index (κ2) is 6.98. The Labute approximate surface area is 113 Å². The number of carboxylic acid groups (broad SMARTS) is 1. The molecule has 0 aliphatic carbocycles. The summed E-state index contributed by atoms with van der Waals surface area (Å²) in [6, 6.07) is 1.89. The van der Waals surface area contributed by atoms with Gasteiger partial charge in [-0.25, -0.2) is 4.79 Å².